The first kappa shape index (κ1) is 12.1. The average molecular weight is 294 g/mol. The summed E-state index contributed by atoms with van der Waals surface area (Å²) in [5.41, 5.74) is 1.92. The van der Waals surface area contributed by atoms with E-state index in [1.165, 1.54) is 0 Å². The molecule has 0 bridgehead atoms. The standard InChI is InChI=1S/C12H12BrN3O/c1-8-4-15-12(16-5-8)11(17)3-9-2-10(13)7-14-6-9/h2,4-7,11,17H,3H2,1H3. The van der Waals surface area contributed by atoms with Gasteiger partial charge in [-0.25, -0.2) is 9.97 Å². The number of aryl methyl sites for hydroxylation is 1. The highest BCUT2D eigenvalue weighted by atomic mass is 79.9. The van der Waals surface area contributed by atoms with E-state index in [2.05, 4.69) is 30.9 Å². The number of aromatic nitrogens is 3. The minimum atomic E-state index is -0.702. The fraction of sp³-hybridized carbons (Fsp3) is 0.250. The van der Waals surface area contributed by atoms with Gasteiger partial charge in [0.25, 0.3) is 0 Å². The van der Waals surface area contributed by atoms with E-state index in [0.29, 0.717) is 12.2 Å². The van der Waals surface area contributed by atoms with Crippen LogP contribution in [-0.2, 0) is 6.42 Å². The second-order valence-corrected chi connectivity index (χ2v) is 4.77. The van der Waals surface area contributed by atoms with Crippen LogP contribution in [0.25, 0.3) is 0 Å². The van der Waals surface area contributed by atoms with Crippen LogP contribution in [0, 0.1) is 6.92 Å². The van der Waals surface area contributed by atoms with E-state index in [-0.39, 0.29) is 0 Å². The van der Waals surface area contributed by atoms with Crippen molar-refractivity contribution in [3.63, 3.8) is 0 Å². The topological polar surface area (TPSA) is 58.9 Å². The summed E-state index contributed by atoms with van der Waals surface area (Å²) < 4.78 is 0.895. The van der Waals surface area contributed by atoms with Crippen LogP contribution in [0.3, 0.4) is 0 Å². The predicted octanol–water partition coefficient (Wildman–Crippen LogP) is 2.22. The lowest BCUT2D eigenvalue weighted by molar-refractivity contribution is 0.168. The Bertz CT molecular complexity index is 501. The molecule has 5 heteroatoms. The van der Waals surface area contributed by atoms with Gasteiger partial charge in [0.05, 0.1) is 0 Å². The first-order valence-electron chi connectivity index (χ1n) is 5.21. The van der Waals surface area contributed by atoms with Gasteiger partial charge in [-0.2, -0.15) is 0 Å². The van der Waals surface area contributed by atoms with E-state index in [9.17, 15) is 5.11 Å². The third kappa shape index (κ3) is 3.31. The van der Waals surface area contributed by atoms with Gasteiger partial charge < -0.3 is 5.11 Å². The van der Waals surface area contributed by atoms with E-state index in [1.807, 2.05) is 13.0 Å². The van der Waals surface area contributed by atoms with Gasteiger partial charge in [-0.3, -0.25) is 4.98 Å². The molecule has 17 heavy (non-hydrogen) atoms. The highest BCUT2D eigenvalue weighted by Gasteiger charge is 2.11. The summed E-state index contributed by atoms with van der Waals surface area (Å²) in [5, 5.41) is 9.99. The van der Waals surface area contributed by atoms with Crippen LogP contribution in [0.4, 0.5) is 0 Å². The molecule has 0 radical (unpaired) electrons. The molecule has 0 aliphatic rings. The molecule has 4 nitrogen and oxygen atoms in total. The van der Waals surface area contributed by atoms with Crippen LogP contribution in [0.5, 0.6) is 0 Å². The monoisotopic (exact) mass is 293 g/mol. The fourth-order valence-corrected chi connectivity index (χ4v) is 1.87. The van der Waals surface area contributed by atoms with Gasteiger partial charge in [0.1, 0.15) is 6.10 Å². The molecule has 1 unspecified atom stereocenters. The molecule has 0 amide bonds. The first-order valence-corrected chi connectivity index (χ1v) is 6.00. The largest absolute Gasteiger partial charge is 0.385 e. The molecular weight excluding hydrogens is 282 g/mol. The Hall–Kier alpha value is -1.33. The summed E-state index contributed by atoms with van der Waals surface area (Å²) in [6.45, 7) is 1.91. The maximum Gasteiger partial charge on any atom is 0.157 e. The molecule has 0 aliphatic carbocycles. The lowest BCUT2D eigenvalue weighted by Crippen LogP contribution is -2.07. The minimum absolute atomic E-state index is 0.440. The molecular formula is C12H12BrN3O. The van der Waals surface area contributed by atoms with E-state index in [0.717, 1.165) is 15.6 Å². The number of hydrogen-bond acceptors (Lipinski definition) is 4. The molecule has 2 aromatic heterocycles. The SMILES string of the molecule is Cc1cnc(C(O)Cc2cncc(Br)c2)nc1. The van der Waals surface area contributed by atoms with Crippen LogP contribution in [-0.4, -0.2) is 20.1 Å². The Labute approximate surface area is 108 Å². The fourth-order valence-electron chi connectivity index (χ4n) is 1.46. The van der Waals surface area contributed by atoms with Gasteiger partial charge in [0.2, 0.25) is 0 Å². The van der Waals surface area contributed by atoms with Gasteiger partial charge in [-0.1, -0.05) is 0 Å². The van der Waals surface area contributed by atoms with Crippen molar-refractivity contribution >= 4 is 15.9 Å². The molecule has 0 spiro atoms. The third-order valence-electron chi connectivity index (χ3n) is 2.29. The van der Waals surface area contributed by atoms with Crippen molar-refractivity contribution in [2.45, 2.75) is 19.4 Å². The molecule has 0 aromatic carbocycles. The number of aliphatic hydroxyl groups excluding tert-OH is 1. The van der Waals surface area contributed by atoms with Crippen molar-refractivity contribution in [2.24, 2.45) is 0 Å². The van der Waals surface area contributed by atoms with Gasteiger partial charge in [-0.05, 0) is 40.0 Å². The number of halogens is 1. The van der Waals surface area contributed by atoms with Crippen molar-refractivity contribution in [3.8, 4) is 0 Å². The maximum absolute atomic E-state index is 9.99. The zero-order valence-corrected chi connectivity index (χ0v) is 10.9. The Kier molecular flexibility index (Phi) is 3.81. The quantitative estimate of drug-likeness (QED) is 0.943. The smallest absolute Gasteiger partial charge is 0.157 e. The molecule has 1 atom stereocenters. The molecule has 2 aromatic rings. The molecule has 0 fully saturated rings. The Balaban J connectivity index is 2.11. The third-order valence-corrected chi connectivity index (χ3v) is 2.72. The van der Waals surface area contributed by atoms with Crippen LogP contribution in [0.2, 0.25) is 0 Å². The molecule has 0 saturated heterocycles. The number of hydrogen-bond donors (Lipinski definition) is 1. The molecule has 0 aliphatic heterocycles. The minimum Gasteiger partial charge on any atom is -0.385 e. The van der Waals surface area contributed by atoms with Gasteiger partial charge in [0.15, 0.2) is 5.82 Å². The number of aliphatic hydroxyl groups is 1. The van der Waals surface area contributed by atoms with Crippen molar-refractivity contribution in [2.75, 3.05) is 0 Å². The first-order chi connectivity index (χ1) is 8.15. The van der Waals surface area contributed by atoms with Crippen LogP contribution in [0.1, 0.15) is 23.1 Å². The zero-order chi connectivity index (χ0) is 12.3. The van der Waals surface area contributed by atoms with Crippen LogP contribution in [0.15, 0.2) is 35.3 Å². The molecule has 2 rings (SSSR count). The van der Waals surface area contributed by atoms with Crippen LogP contribution >= 0.6 is 15.9 Å². The zero-order valence-electron chi connectivity index (χ0n) is 9.34. The van der Waals surface area contributed by atoms with Gasteiger partial charge in [0, 0.05) is 35.7 Å². The average Bonchev–Trinajstić information content (AvgIpc) is 2.29. The second-order valence-electron chi connectivity index (χ2n) is 3.85. The summed E-state index contributed by atoms with van der Waals surface area (Å²) in [6.07, 6.45) is 6.58. The Morgan fingerprint density at radius 3 is 2.59 bits per heavy atom. The predicted molar refractivity (Wildman–Crippen MR) is 67.4 cm³/mol. The van der Waals surface area contributed by atoms with Crippen molar-refractivity contribution in [3.05, 3.63) is 52.3 Å². The van der Waals surface area contributed by atoms with Crippen LogP contribution < -0.4 is 0 Å². The summed E-state index contributed by atoms with van der Waals surface area (Å²) in [4.78, 5) is 12.3. The second kappa shape index (κ2) is 5.33. The Morgan fingerprint density at radius 1 is 1.24 bits per heavy atom. The highest BCUT2D eigenvalue weighted by Crippen LogP contribution is 2.17. The summed E-state index contributed by atoms with van der Waals surface area (Å²) >= 11 is 3.34. The van der Waals surface area contributed by atoms with Crippen molar-refractivity contribution in [1.82, 2.24) is 15.0 Å². The number of nitrogens with zero attached hydrogens (tertiary/aromatic N) is 3. The summed E-state index contributed by atoms with van der Waals surface area (Å²) in [5.74, 6) is 0.440. The van der Waals surface area contributed by atoms with E-state index >= 15 is 0 Å². The lowest BCUT2D eigenvalue weighted by Gasteiger charge is -2.09. The summed E-state index contributed by atoms with van der Waals surface area (Å²) in [6, 6.07) is 1.92. The maximum atomic E-state index is 9.99. The molecule has 2 heterocycles. The number of rotatable bonds is 3. The highest BCUT2D eigenvalue weighted by molar-refractivity contribution is 9.10. The van der Waals surface area contributed by atoms with Crippen molar-refractivity contribution in [1.29, 1.82) is 0 Å². The van der Waals surface area contributed by atoms with Gasteiger partial charge in [-0.15, -0.1) is 0 Å². The molecule has 0 saturated carbocycles. The number of pyridine rings is 1. The van der Waals surface area contributed by atoms with Gasteiger partial charge >= 0.3 is 0 Å². The Morgan fingerprint density at radius 2 is 1.94 bits per heavy atom. The van der Waals surface area contributed by atoms with E-state index in [4.69, 9.17) is 0 Å². The molecule has 88 valence electrons. The van der Waals surface area contributed by atoms with Crippen molar-refractivity contribution < 1.29 is 5.11 Å². The van der Waals surface area contributed by atoms with E-state index < -0.39 is 6.10 Å². The summed E-state index contributed by atoms with van der Waals surface area (Å²) in [7, 11) is 0. The molecule has 1 N–H and O–H groups in total. The normalized spacial score (nSPS) is 12.4. The van der Waals surface area contributed by atoms with E-state index in [1.54, 1.807) is 24.8 Å². The lowest BCUT2D eigenvalue weighted by atomic mass is 10.1.